The molecule has 0 radical (unpaired) electrons. The molecule has 1 N–H and O–H groups in total. The zero-order chi connectivity index (χ0) is 13.5. The van der Waals surface area contributed by atoms with Crippen molar-refractivity contribution in [3.63, 3.8) is 0 Å². The second-order valence-corrected chi connectivity index (χ2v) is 5.36. The predicted molar refractivity (Wildman–Crippen MR) is 79.9 cm³/mol. The minimum atomic E-state index is 0.590. The molecule has 0 aliphatic heterocycles. The van der Waals surface area contributed by atoms with Crippen LogP contribution in [-0.4, -0.2) is 21.1 Å². The summed E-state index contributed by atoms with van der Waals surface area (Å²) in [5.74, 6) is 1.47. The third-order valence-electron chi connectivity index (χ3n) is 4.12. The average molecular weight is 264 g/mol. The number of pyridine rings is 1. The van der Waals surface area contributed by atoms with Crippen molar-refractivity contribution in [1.29, 1.82) is 0 Å². The third-order valence-corrected chi connectivity index (χ3v) is 4.12. The Kier molecular flexibility index (Phi) is 2.49. The highest BCUT2D eigenvalue weighted by molar-refractivity contribution is 5.85. The van der Waals surface area contributed by atoms with Gasteiger partial charge in [0.15, 0.2) is 5.82 Å². The molecule has 0 amide bonds. The van der Waals surface area contributed by atoms with Crippen molar-refractivity contribution < 1.29 is 0 Å². The zero-order valence-corrected chi connectivity index (χ0v) is 11.4. The molecule has 1 atom stereocenters. The molecule has 1 aromatic carbocycles. The SMILES string of the molecule is Cn1cnc2c(NCC3Cc4ccccc43)nccc21. The monoisotopic (exact) mass is 264 g/mol. The molecule has 0 saturated heterocycles. The Bertz CT molecular complexity index is 775. The van der Waals surface area contributed by atoms with Crippen LogP contribution in [0.3, 0.4) is 0 Å². The highest BCUT2D eigenvalue weighted by atomic mass is 15.1. The summed E-state index contributed by atoms with van der Waals surface area (Å²) >= 11 is 0. The van der Waals surface area contributed by atoms with Gasteiger partial charge in [0.25, 0.3) is 0 Å². The summed E-state index contributed by atoms with van der Waals surface area (Å²) < 4.78 is 2.01. The van der Waals surface area contributed by atoms with Gasteiger partial charge in [0, 0.05) is 25.7 Å². The first-order chi connectivity index (χ1) is 9.83. The molecule has 4 heteroatoms. The number of nitrogens with one attached hydrogen (secondary N) is 1. The Morgan fingerprint density at radius 1 is 1.25 bits per heavy atom. The van der Waals surface area contributed by atoms with Gasteiger partial charge in [0.2, 0.25) is 0 Å². The summed E-state index contributed by atoms with van der Waals surface area (Å²) in [4.78, 5) is 8.84. The maximum Gasteiger partial charge on any atom is 0.154 e. The number of hydrogen-bond donors (Lipinski definition) is 1. The lowest BCUT2D eigenvalue weighted by Crippen LogP contribution is -2.24. The fraction of sp³-hybridized carbons (Fsp3) is 0.250. The molecule has 3 aromatic rings. The van der Waals surface area contributed by atoms with Crippen LogP contribution in [0.4, 0.5) is 5.82 Å². The molecule has 4 rings (SSSR count). The third kappa shape index (κ3) is 1.68. The molecule has 0 fully saturated rings. The first kappa shape index (κ1) is 11.5. The van der Waals surface area contributed by atoms with E-state index in [0.717, 1.165) is 29.8 Å². The van der Waals surface area contributed by atoms with E-state index in [1.165, 1.54) is 11.1 Å². The van der Waals surface area contributed by atoms with E-state index in [-0.39, 0.29) is 0 Å². The number of fused-ring (bicyclic) bond motifs is 2. The lowest BCUT2D eigenvalue weighted by atomic mass is 9.77. The van der Waals surface area contributed by atoms with E-state index < -0.39 is 0 Å². The lowest BCUT2D eigenvalue weighted by Gasteiger charge is -2.30. The van der Waals surface area contributed by atoms with Gasteiger partial charge in [0.05, 0.1) is 11.8 Å². The van der Waals surface area contributed by atoms with Crippen molar-refractivity contribution >= 4 is 16.9 Å². The van der Waals surface area contributed by atoms with E-state index >= 15 is 0 Å². The molecular weight excluding hydrogens is 248 g/mol. The maximum absolute atomic E-state index is 4.42. The van der Waals surface area contributed by atoms with E-state index in [0.29, 0.717) is 5.92 Å². The van der Waals surface area contributed by atoms with E-state index in [1.54, 1.807) is 0 Å². The van der Waals surface area contributed by atoms with Crippen LogP contribution < -0.4 is 5.32 Å². The first-order valence-electron chi connectivity index (χ1n) is 6.90. The van der Waals surface area contributed by atoms with E-state index in [1.807, 2.05) is 30.2 Å². The van der Waals surface area contributed by atoms with Gasteiger partial charge < -0.3 is 9.88 Å². The van der Waals surface area contributed by atoms with Gasteiger partial charge in [-0.1, -0.05) is 24.3 Å². The zero-order valence-electron chi connectivity index (χ0n) is 11.4. The van der Waals surface area contributed by atoms with Crippen molar-refractivity contribution in [2.45, 2.75) is 12.3 Å². The number of aryl methyl sites for hydroxylation is 1. The summed E-state index contributed by atoms with van der Waals surface area (Å²) in [6, 6.07) is 10.6. The quantitative estimate of drug-likeness (QED) is 0.791. The molecule has 2 aromatic heterocycles. The first-order valence-corrected chi connectivity index (χ1v) is 6.90. The molecule has 0 bridgehead atoms. The van der Waals surface area contributed by atoms with Crippen LogP contribution in [0.25, 0.3) is 11.0 Å². The van der Waals surface area contributed by atoms with Crippen LogP contribution in [0.5, 0.6) is 0 Å². The Labute approximate surface area is 117 Å². The number of anilines is 1. The second-order valence-electron chi connectivity index (χ2n) is 5.36. The minimum absolute atomic E-state index is 0.590. The number of nitrogens with zero attached hydrogens (tertiary/aromatic N) is 3. The van der Waals surface area contributed by atoms with Crippen LogP contribution >= 0.6 is 0 Å². The van der Waals surface area contributed by atoms with Gasteiger partial charge in [-0.05, 0) is 23.6 Å². The summed E-state index contributed by atoms with van der Waals surface area (Å²) in [5.41, 5.74) is 5.00. The standard InChI is InChI=1S/C16H16N4/c1-20-10-19-15-14(20)6-7-17-16(15)18-9-12-8-11-4-2-3-5-13(11)12/h2-7,10,12H,8-9H2,1H3,(H,17,18). The lowest BCUT2D eigenvalue weighted by molar-refractivity contribution is 0.635. The molecular formula is C16H16N4. The minimum Gasteiger partial charge on any atom is -0.368 e. The van der Waals surface area contributed by atoms with Gasteiger partial charge in [0.1, 0.15) is 5.52 Å². The molecule has 0 saturated carbocycles. The number of imidazole rings is 1. The fourth-order valence-corrected chi connectivity index (χ4v) is 2.96. The van der Waals surface area contributed by atoms with Crippen LogP contribution in [0, 0.1) is 0 Å². The van der Waals surface area contributed by atoms with Crippen LogP contribution in [0.2, 0.25) is 0 Å². The summed E-state index contributed by atoms with van der Waals surface area (Å²) in [5, 5.41) is 3.46. The normalized spacial score (nSPS) is 16.8. The second kappa shape index (κ2) is 4.34. The average Bonchev–Trinajstić information content (AvgIpc) is 2.83. The molecule has 1 unspecified atom stereocenters. The van der Waals surface area contributed by atoms with Crippen molar-refractivity contribution in [3.8, 4) is 0 Å². The predicted octanol–water partition coefficient (Wildman–Crippen LogP) is 2.72. The van der Waals surface area contributed by atoms with Gasteiger partial charge >= 0.3 is 0 Å². The fourth-order valence-electron chi connectivity index (χ4n) is 2.96. The number of aromatic nitrogens is 3. The highest BCUT2D eigenvalue weighted by Gasteiger charge is 2.25. The van der Waals surface area contributed by atoms with Gasteiger partial charge in [-0.3, -0.25) is 0 Å². The van der Waals surface area contributed by atoms with Crippen molar-refractivity contribution in [3.05, 3.63) is 54.0 Å². The highest BCUT2D eigenvalue weighted by Crippen LogP contribution is 2.34. The van der Waals surface area contributed by atoms with Crippen LogP contribution in [0.15, 0.2) is 42.9 Å². The molecule has 20 heavy (non-hydrogen) atoms. The Morgan fingerprint density at radius 2 is 2.15 bits per heavy atom. The molecule has 0 spiro atoms. The van der Waals surface area contributed by atoms with Crippen molar-refractivity contribution in [2.75, 3.05) is 11.9 Å². The van der Waals surface area contributed by atoms with Crippen LogP contribution in [-0.2, 0) is 13.5 Å². The Morgan fingerprint density at radius 3 is 3.05 bits per heavy atom. The summed E-state index contributed by atoms with van der Waals surface area (Å²) in [6.45, 7) is 0.916. The molecule has 100 valence electrons. The van der Waals surface area contributed by atoms with Crippen LogP contribution in [0.1, 0.15) is 17.0 Å². The molecule has 1 aliphatic carbocycles. The maximum atomic E-state index is 4.42. The van der Waals surface area contributed by atoms with E-state index in [4.69, 9.17) is 0 Å². The number of benzene rings is 1. The largest absolute Gasteiger partial charge is 0.368 e. The number of rotatable bonds is 3. The van der Waals surface area contributed by atoms with Gasteiger partial charge in [-0.15, -0.1) is 0 Å². The molecule has 2 heterocycles. The summed E-state index contributed by atoms with van der Waals surface area (Å²) in [6.07, 6.45) is 4.82. The van der Waals surface area contributed by atoms with E-state index in [2.05, 4.69) is 39.6 Å². The van der Waals surface area contributed by atoms with Gasteiger partial charge in [-0.2, -0.15) is 0 Å². The van der Waals surface area contributed by atoms with Crippen molar-refractivity contribution in [2.24, 2.45) is 7.05 Å². The Balaban J connectivity index is 1.55. The summed E-state index contributed by atoms with van der Waals surface area (Å²) in [7, 11) is 2.00. The smallest absolute Gasteiger partial charge is 0.154 e. The topological polar surface area (TPSA) is 42.7 Å². The molecule has 1 aliphatic rings. The number of hydrogen-bond acceptors (Lipinski definition) is 3. The van der Waals surface area contributed by atoms with Gasteiger partial charge in [-0.25, -0.2) is 9.97 Å². The van der Waals surface area contributed by atoms with E-state index in [9.17, 15) is 0 Å². The molecule has 4 nitrogen and oxygen atoms in total. The van der Waals surface area contributed by atoms with Crippen molar-refractivity contribution in [1.82, 2.24) is 14.5 Å². The Hall–Kier alpha value is -2.36.